The highest BCUT2D eigenvalue weighted by Crippen LogP contribution is 2.31. The summed E-state index contributed by atoms with van der Waals surface area (Å²) >= 11 is 3.56. The van der Waals surface area contributed by atoms with E-state index in [1.54, 1.807) is 24.4 Å². The molecule has 0 unspecified atom stereocenters. The number of fused-ring (bicyclic) bond motifs is 1. The van der Waals surface area contributed by atoms with Crippen LogP contribution < -0.4 is 5.73 Å². The molecule has 0 bridgehead atoms. The van der Waals surface area contributed by atoms with Gasteiger partial charge in [0.25, 0.3) is 0 Å². The highest BCUT2D eigenvalue weighted by Gasteiger charge is 2.17. The van der Waals surface area contributed by atoms with Crippen molar-refractivity contribution in [3.8, 4) is 17.3 Å². The summed E-state index contributed by atoms with van der Waals surface area (Å²) in [5, 5.41) is 13.5. The van der Waals surface area contributed by atoms with Crippen molar-refractivity contribution in [1.82, 2.24) is 24.6 Å². The maximum atomic E-state index is 9.11. The molecule has 2 N–H and O–H groups in total. The number of nitrogens with two attached hydrogens (primary N) is 1. The van der Waals surface area contributed by atoms with Gasteiger partial charge in [0, 0.05) is 17.5 Å². The molecule has 7 nitrogen and oxygen atoms in total. The quantitative estimate of drug-likeness (QED) is 0.561. The first kappa shape index (κ1) is 16.2. The van der Waals surface area contributed by atoms with Gasteiger partial charge in [-0.25, -0.2) is 9.97 Å². The minimum atomic E-state index is 0.223. The van der Waals surface area contributed by atoms with E-state index in [9.17, 15) is 0 Å². The van der Waals surface area contributed by atoms with E-state index in [-0.39, 0.29) is 5.95 Å². The van der Waals surface area contributed by atoms with Gasteiger partial charge in [-0.3, -0.25) is 4.98 Å². The monoisotopic (exact) mass is 405 g/mol. The third kappa shape index (κ3) is 2.89. The van der Waals surface area contributed by atoms with Crippen LogP contribution in [0.4, 0.5) is 5.95 Å². The van der Waals surface area contributed by atoms with Gasteiger partial charge in [-0.2, -0.15) is 9.78 Å². The number of anilines is 1. The summed E-state index contributed by atoms with van der Waals surface area (Å²) in [5.41, 5.74) is 9.47. The summed E-state index contributed by atoms with van der Waals surface area (Å²) in [5.74, 6) is 0.821. The Kier molecular flexibility index (Phi) is 4.07. The highest BCUT2D eigenvalue weighted by atomic mass is 79.9. The fraction of sp³-hybridized carbons (Fsp3) is 0.0556. The molecule has 0 aliphatic heterocycles. The summed E-state index contributed by atoms with van der Waals surface area (Å²) in [4.78, 5) is 13.3. The van der Waals surface area contributed by atoms with Crippen LogP contribution in [0.3, 0.4) is 0 Å². The third-order valence-electron chi connectivity index (χ3n) is 3.83. The molecule has 0 fully saturated rings. The average molecular weight is 406 g/mol. The number of nitrogen functional groups attached to an aromatic ring is 1. The maximum Gasteiger partial charge on any atom is 0.223 e. The molecular weight excluding hydrogens is 394 g/mol. The van der Waals surface area contributed by atoms with E-state index >= 15 is 0 Å². The molecule has 0 aliphatic carbocycles. The summed E-state index contributed by atoms with van der Waals surface area (Å²) in [6.07, 6.45) is 2.23. The van der Waals surface area contributed by atoms with Gasteiger partial charge < -0.3 is 5.73 Å². The van der Waals surface area contributed by atoms with Gasteiger partial charge in [-0.05, 0) is 40.2 Å². The number of nitriles is 1. The Balaban J connectivity index is 1.82. The van der Waals surface area contributed by atoms with Gasteiger partial charge >= 0.3 is 0 Å². The van der Waals surface area contributed by atoms with Crippen LogP contribution in [-0.4, -0.2) is 24.6 Å². The standard InChI is InChI=1S/C18H12BrN7/c19-15-16(12-5-3-4-11(8-12)10-20)24-18(21)26-17(15)23-14(25-26)9-13-6-1-2-7-22-13/h1-8H,9H2,(H2,21,24). The number of rotatable bonds is 3. The van der Waals surface area contributed by atoms with Crippen LogP contribution in [0, 0.1) is 11.3 Å². The predicted molar refractivity (Wildman–Crippen MR) is 100 cm³/mol. The molecule has 0 amide bonds. The molecule has 4 rings (SSSR count). The molecule has 3 heterocycles. The second-order valence-corrected chi connectivity index (χ2v) is 6.38. The van der Waals surface area contributed by atoms with Gasteiger partial charge in [-0.1, -0.05) is 18.2 Å². The van der Waals surface area contributed by atoms with E-state index in [2.05, 4.69) is 42.0 Å². The molecule has 8 heteroatoms. The smallest absolute Gasteiger partial charge is 0.223 e. The Morgan fingerprint density at radius 1 is 1.15 bits per heavy atom. The zero-order valence-electron chi connectivity index (χ0n) is 13.5. The van der Waals surface area contributed by atoms with E-state index in [1.165, 1.54) is 4.52 Å². The Hall–Kier alpha value is -3.31. The summed E-state index contributed by atoms with van der Waals surface area (Å²) in [6, 6.07) is 15.0. The van der Waals surface area contributed by atoms with Crippen LogP contribution in [0.5, 0.6) is 0 Å². The van der Waals surface area contributed by atoms with Crippen LogP contribution in [-0.2, 0) is 6.42 Å². The van der Waals surface area contributed by atoms with Gasteiger partial charge in [0.1, 0.15) is 0 Å². The number of nitrogens with zero attached hydrogens (tertiary/aromatic N) is 6. The van der Waals surface area contributed by atoms with E-state index in [4.69, 9.17) is 11.0 Å². The number of aromatic nitrogens is 5. The highest BCUT2D eigenvalue weighted by molar-refractivity contribution is 9.10. The number of pyridine rings is 1. The largest absolute Gasteiger partial charge is 0.368 e. The lowest BCUT2D eigenvalue weighted by Gasteiger charge is -2.07. The van der Waals surface area contributed by atoms with E-state index in [0.717, 1.165) is 11.3 Å². The van der Waals surface area contributed by atoms with Crippen molar-refractivity contribution in [3.05, 3.63) is 70.2 Å². The predicted octanol–water partition coefficient (Wildman–Crippen LogP) is 2.99. The van der Waals surface area contributed by atoms with Crippen molar-refractivity contribution in [2.75, 3.05) is 5.73 Å². The molecule has 0 spiro atoms. The average Bonchev–Trinajstić information content (AvgIpc) is 3.10. The molecule has 4 aromatic rings. The Morgan fingerprint density at radius 2 is 2.04 bits per heavy atom. The van der Waals surface area contributed by atoms with E-state index in [1.807, 2.05) is 24.3 Å². The van der Waals surface area contributed by atoms with Crippen molar-refractivity contribution in [2.24, 2.45) is 0 Å². The fourth-order valence-corrected chi connectivity index (χ4v) is 3.21. The van der Waals surface area contributed by atoms with E-state index in [0.29, 0.717) is 33.6 Å². The van der Waals surface area contributed by atoms with Crippen molar-refractivity contribution >= 4 is 27.5 Å². The van der Waals surface area contributed by atoms with Crippen LogP contribution >= 0.6 is 15.9 Å². The molecule has 0 atom stereocenters. The van der Waals surface area contributed by atoms with Crippen molar-refractivity contribution in [2.45, 2.75) is 6.42 Å². The Bertz CT molecular complexity index is 1150. The normalized spacial score (nSPS) is 10.8. The SMILES string of the molecule is N#Cc1cccc(-c2nc(N)n3nc(Cc4ccccn4)nc3c2Br)c1. The van der Waals surface area contributed by atoms with Crippen LogP contribution in [0.1, 0.15) is 17.1 Å². The van der Waals surface area contributed by atoms with Crippen molar-refractivity contribution in [1.29, 1.82) is 5.26 Å². The lowest BCUT2D eigenvalue weighted by molar-refractivity contribution is 0.878. The third-order valence-corrected chi connectivity index (χ3v) is 4.56. The molecule has 126 valence electrons. The number of hydrogen-bond donors (Lipinski definition) is 1. The molecule has 0 saturated heterocycles. The molecular formula is C18H12BrN7. The maximum absolute atomic E-state index is 9.11. The second-order valence-electron chi connectivity index (χ2n) is 5.59. The molecule has 1 aromatic carbocycles. The topological polar surface area (TPSA) is 106 Å². The van der Waals surface area contributed by atoms with Crippen molar-refractivity contribution in [3.63, 3.8) is 0 Å². The molecule has 0 radical (unpaired) electrons. The zero-order chi connectivity index (χ0) is 18.1. The first-order valence-electron chi connectivity index (χ1n) is 7.77. The molecule has 0 aliphatic rings. The van der Waals surface area contributed by atoms with E-state index < -0.39 is 0 Å². The Labute approximate surface area is 157 Å². The van der Waals surface area contributed by atoms with Crippen LogP contribution in [0.15, 0.2) is 53.1 Å². The number of hydrogen-bond acceptors (Lipinski definition) is 6. The molecule has 0 saturated carbocycles. The fourth-order valence-electron chi connectivity index (χ4n) is 2.64. The first-order valence-corrected chi connectivity index (χ1v) is 8.56. The van der Waals surface area contributed by atoms with Gasteiger partial charge in [0.15, 0.2) is 11.5 Å². The number of benzene rings is 1. The molecule has 26 heavy (non-hydrogen) atoms. The zero-order valence-corrected chi connectivity index (χ0v) is 15.1. The minimum Gasteiger partial charge on any atom is -0.368 e. The lowest BCUT2D eigenvalue weighted by atomic mass is 10.1. The lowest BCUT2D eigenvalue weighted by Crippen LogP contribution is -2.04. The van der Waals surface area contributed by atoms with Gasteiger partial charge in [0.05, 0.1) is 28.2 Å². The summed E-state index contributed by atoms with van der Waals surface area (Å²) in [6.45, 7) is 0. The summed E-state index contributed by atoms with van der Waals surface area (Å²) < 4.78 is 2.17. The summed E-state index contributed by atoms with van der Waals surface area (Å²) in [7, 11) is 0. The minimum absolute atomic E-state index is 0.223. The number of halogens is 1. The van der Waals surface area contributed by atoms with Crippen LogP contribution in [0.25, 0.3) is 16.9 Å². The van der Waals surface area contributed by atoms with Crippen LogP contribution in [0.2, 0.25) is 0 Å². The van der Waals surface area contributed by atoms with Gasteiger partial charge in [-0.15, -0.1) is 5.10 Å². The second kappa shape index (κ2) is 6.54. The molecule has 3 aromatic heterocycles. The Morgan fingerprint density at radius 3 is 2.81 bits per heavy atom. The van der Waals surface area contributed by atoms with Gasteiger partial charge in [0.2, 0.25) is 5.95 Å². The first-order chi connectivity index (χ1) is 12.7. The van der Waals surface area contributed by atoms with Crippen molar-refractivity contribution < 1.29 is 0 Å².